The third-order valence-electron chi connectivity index (χ3n) is 5.63. The molecule has 0 aromatic heterocycles. The van der Waals surface area contributed by atoms with E-state index in [0.717, 1.165) is 5.56 Å². The Hall–Kier alpha value is -2.91. The average molecular weight is 445 g/mol. The monoisotopic (exact) mass is 444 g/mol. The number of rotatable bonds is 8. The number of amides is 1. The lowest BCUT2D eigenvalue weighted by Crippen LogP contribution is -2.41. The fourth-order valence-corrected chi connectivity index (χ4v) is 6.31. The van der Waals surface area contributed by atoms with Gasteiger partial charge in [0.05, 0.1) is 6.61 Å². The van der Waals surface area contributed by atoms with E-state index in [1.807, 2.05) is 30.3 Å². The van der Waals surface area contributed by atoms with E-state index in [0.29, 0.717) is 24.4 Å². The first kappa shape index (κ1) is 21.3. The zero-order valence-electron chi connectivity index (χ0n) is 17.1. The molecule has 31 heavy (non-hydrogen) atoms. The van der Waals surface area contributed by atoms with Crippen molar-refractivity contribution in [3.05, 3.63) is 60.2 Å². The minimum atomic E-state index is -3.76. The lowest BCUT2D eigenvalue weighted by Gasteiger charge is -2.21. The van der Waals surface area contributed by atoms with Crippen LogP contribution in [0, 0.1) is 5.92 Å². The second-order valence-corrected chi connectivity index (χ2v) is 9.84. The molecule has 1 saturated carbocycles. The number of hydrogen-bond acceptors (Lipinski definition) is 6. The van der Waals surface area contributed by atoms with E-state index in [1.165, 1.54) is 4.31 Å². The molecule has 9 heteroatoms. The molecule has 2 fully saturated rings. The van der Waals surface area contributed by atoms with Crippen molar-refractivity contribution < 1.29 is 27.5 Å². The highest BCUT2D eigenvalue weighted by Crippen LogP contribution is 2.58. The Balaban J connectivity index is 1.39. The third-order valence-corrected chi connectivity index (χ3v) is 8.20. The number of nitrogens with zero attached hydrogens (tertiary/aromatic N) is 1. The van der Waals surface area contributed by atoms with E-state index in [4.69, 9.17) is 9.47 Å². The maximum Gasteiger partial charge on any atom is 0.344 e. The van der Waals surface area contributed by atoms with Crippen molar-refractivity contribution in [1.29, 1.82) is 0 Å². The number of sulfonamides is 1. The smallest absolute Gasteiger partial charge is 0.344 e. The number of ether oxygens (including phenoxy) is 2. The highest BCUT2D eigenvalue weighted by atomic mass is 32.2. The molecule has 1 N–H and O–H groups in total. The summed E-state index contributed by atoms with van der Waals surface area (Å²) >= 11 is 0. The van der Waals surface area contributed by atoms with E-state index < -0.39 is 26.6 Å². The van der Waals surface area contributed by atoms with Gasteiger partial charge in [0.1, 0.15) is 5.75 Å². The standard InChI is InChI=1S/C22H24N2O6S/c1-2-29-20(25)15-30-19-10-8-18(9-11-19)23-21(26)22-12-17(22)14-24(31(22,27)28)13-16-6-4-3-5-7-16/h3-11,17H,2,12-15H2,1H3,(H,23,26)/t17-,22-/m1/s1. The van der Waals surface area contributed by atoms with Gasteiger partial charge in [-0.25, -0.2) is 13.2 Å². The largest absolute Gasteiger partial charge is 0.482 e. The van der Waals surface area contributed by atoms with Crippen molar-refractivity contribution in [2.45, 2.75) is 24.6 Å². The van der Waals surface area contributed by atoms with Gasteiger partial charge in [0, 0.05) is 24.7 Å². The van der Waals surface area contributed by atoms with Crippen molar-refractivity contribution in [2.75, 3.05) is 25.1 Å². The number of nitrogens with one attached hydrogen (secondary N) is 1. The lowest BCUT2D eigenvalue weighted by atomic mass is 10.2. The van der Waals surface area contributed by atoms with Crippen LogP contribution in [0.25, 0.3) is 0 Å². The summed E-state index contributed by atoms with van der Waals surface area (Å²) < 4.78 is 36.4. The van der Waals surface area contributed by atoms with E-state index in [1.54, 1.807) is 31.2 Å². The molecule has 1 aliphatic carbocycles. The fraction of sp³-hybridized carbons (Fsp3) is 0.364. The fourth-order valence-electron chi connectivity index (χ4n) is 3.96. The molecule has 1 saturated heterocycles. The van der Waals surface area contributed by atoms with Crippen LogP contribution in [-0.2, 0) is 30.9 Å². The number of esters is 1. The molecule has 2 aromatic rings. The van der Waals surface area contributed by atoms with Crippen molar-refractivity contribution >= 4 is 27.6 Å². The van der Waals surface area contributed by atoms with Crippen LogP contribution in [0.1, 0.15) is 18.9 Å². The summed E-state index contributed by atoms with van der Waals surface area (Å²) in [4.78, 5) is 24.3. The number of fused-ring (bicyclic) bond motifs is 1. The van der Waals surface area contributed by atoms with E-state index in [-0.39, 0.29) is 25.7 Å². The summed E-state index contributed by atoms with van der Waals surface area (Å²) in [5.41, 5.74) is 1.35. The van der Waals surface area contributed by atoms with Crippen LogP contribution in [0.3, 0.4) is 0 Å². The maximum atomic E-state index is 13.2. The second-order valence-electron chi connectivity index (χ2n) is 7.65. The topological polar surface area (TPSA) is 102 Å². The van der Waals surface area contributed by atoms with Crippen molar-refractivity contribution in [1.82, 2.24) is 4.31 Å². The second kappa shape index (κ2) is 8.32. The number of hydrogen-bond donors (Lipinski definition) is 1. The molecule has 0 radical (unpaired) electrons. The molecule has 1 heterocycles. The van der Waals surface area contributed by atoms with Crippen molar-refractivity contribution in [3.63, 3.8) is 0 Å². The number of anilines is 1. The number of benzene rings is 2. The molecule has 4 rings (SSSR count). The first-order valence-electron chi connectivity index (χ1n) is 10.1. The highest BCUT2D eigenvalue weighted by Gasteiger charge is 2.75. The predicted molar refractivity (Wildman–Crippen MR) is 114 cm³/mol. The minimum Gasteiger partial charge on any atom is -0.482 e. The van der Waals surface area contributed by atoms with Crippen LogP contribution >= 0.6 is 0 Å². The van der Waals surface area contributed by atoms with Crippen molar-refractivity contribution in [3.8, 4) is 5.75 Å². The Labute approximate surface area is 181 Å². The molecule has 1 aliphatic heterocycles. The Morgan fingerprint density at radius 2 is 1.84 bits per heavy atom. The molecular weight excluding hydrogens is 420 g/mol. The van der Waals surface area contributed by atoms with Crippen LogP contribution in [-0.4, -0.2) is 49.1 Å². The molecule has 2 atom stereocenters. The van der Waals surface area contributed by atoms with Gasteiger partial charge in [-0.2, -0.15) is 4.31 Å². The minimum absolute atomic E-state index is 0.201. The first-order chi connectivity index (χ1) is 14.9. The lowest BCUT2D eigenvalue weighted by molar-refractivity contribution is -0.145. The quantitative estimate of drug-likeness (QED) is 0.626. The van der Waals surface area contributed by atoms with Crippen LogP contribution < -0.4 is 10.1 Å². The van der Waals surface area contributed by atoms with Gasteiger partial charge >= 0.3 is 5.97 Å². The SMILES string of the molecule is CCOC(=O)COc1ccc(NC(=O)[C@@]23C[C@@H]2CN(Cc2ccccc2)S3(=O)=O)cc1. The zero-order chi connectivity index (χ0) is 22.1. The third kappa shape index (κ3) is 4.03. The van der Waals surface area contributed by atoms with Crippen LogP contribution in [0.2, 0.25) is 0 Å². The van der Waals surface area contributed by atoms with Gasteiger partial charge in [-0.15, -0.1) is 0 Å². The van der Waals surface area contributed by atoms with Crippen LogP contribution in [0.4, 0.5) is 5.69 Å². The van der Waals surface area contributed by atoms with Crippen LogP contribution in [0.15, 0.2) is 54.6 Å². The van der Waals surface area contributed by atoms with Gasteiger partial charge in [-0.1, -0.05) is 30.3 Å². The van der Waals surface area contributed by atoms with Gasteiger partial charge in [0.2, 0.25) is 15.9 Å². The van der Waals surface area contributed by atoms with Gasteiger partial charge in [-0.3, -0.25) is 4.79 Å². The van der Waals surface area contributed by atoms with Gasteiger partial charge < -0.3 is 14.8 Å². The predicted octanol–water partition coefficient (Wildman–Crippen LogP) is 2.17. The summed E-state index contributed by atoms with van der Waals surface area (Å²) in [5.74, 6) is -0.733. The van der Waals surface area contributed by atoms with E-state index >= 15 is 0 Å². The van der Waals surface area contributed by atoms with Gasteiger partial charge in [-0.05, 0) is 43.2 Å². The summed E-state index contributed by atoms with van der Waals surface area (Å²) in [6, 6.07) is 15.8. The molecule has 0 spiro atoms. The van der Waals surface area contributed by atoms with E-state index in [2.05, 4.69) is 5.32 Å². The summed E-state index contributed by atoms with van der Waals surface area (Å²) in [5, 5.41) is 2.73. The maximum absolute atomic E-state index is 13.2. The average Bonchev–Trinajstić information content (AvgIpc) is 3.45. The molecule has 0 bridgehead atoms. The first-order valence-corrected chi connectivity index (χ1v) is 11.5. The zero-order valence-corrected chi connectivity index (χ0v) is 17.9. The number of carbonyl (C=O) groups is 2. The molecular formula is C22H24N2O6S. The summed E-state index contributed by atoms with van der Waals surface area (Å²) in [6.45, 7) is 2.40. The van der Waals surface area contributed by atoms with Crippen molar-refractivity contribution in [2.24, 2.45) is 5.92 Å². The Morgan fingerprint density at radius 1 is 1.13 bits per heavy atom. The molecule has 8 nitrogen and oxygen atoms in total. The number of carbonyl (C=O) groups excluding carboxylic acids is 2. The highest BCUT2D eigenvalue weighted by molar-refractivity contribution is 7.92. The molecule has 2 aromatic carbocycles. The molecule has 0 unspecified atom stereocenters. The Bertz CT molecular complexity index is 1070. The molecule has 164 valence electrons. The normalized spacial score (nSPS) is 23.6. The molecule has 2 aliphatic rings. The van der Waals surface area contributed by atoms with Gasteiger partial charge in [0.15, 0.2) is 11.4 Å². The Kier molecular flexibility index (Phi) is 5.72. The van der Waals surface area contributed by atoms with E-state index in [9.17, 15) is 18.0 Å². The summed E-state index contributed by atoms with van der Waals surface area (Å²) in [7, 11) is -3.76. The summed E-state index contributed by atoms with van der Waals surface area (Å²) in [6.07, 6.45) is 0.340. The molecule has 1 amide bonds. The van der Waals surface area contributed by atoms with Crippen LogP contribution in [0.5, 0.6) is 5.75 Å². The van der Waals surface area contributed by atoms with Gasteiger partial charge in [0.25, 0.3) is 0 Å². The Morgan fingerprint density at radius 3 is 2.52 bits per heavy atom.